The number of rotatable bonds is 5. The third-order valence-corrected chi connectivity index (χ3v) is 4.78. The molecule has 1 saturated heterocycles. The molecule has 1 heterocycles. The number of hydrogen-bond acceptors (Lipinski definition) is 2. The molecule has 3 unspecified atom stereocenters. The molecule has 0 radical (unpaired) electrons. The maximum absolute atomic E-state index is 13.0. The van der Waals surface area contributed by atoms with Gasteiger partial charge in [-0.25, -0.2) is 4.39 Å². The third-order valence-electron chi connectivity index (χ3n) is 4.78. The van der Waals surface area contributed by atoms with E-state index < -0.39 is 0 Å². The molecule has 3 atom stereocenters. The summed E-state index contributed by atoms with van der Waals surface area (Å²) >= 11 is 0. The standard InChI is InChI=1S/C18H29FN2/c1-5-17-11-20-18(13(2)3)12-21(17)14(4)10-15-6-8-16(19)9-7-15/h6-9,13-14,17-18,20H,5,10-12H2,1-4H3. The Morgan fingerprint density at radius 1 is 1.24 bits per heavy atom. The summed E-state index contributed by atoms with van der Waals surface area (Å²) in [5, 5.41) is 3.68. The summed E-state index contributed by atoms with van der Waals surface area (Å²) in [4.78, 5) is 2.64. The minimum atomic E-state index is -0.153. The van der Waals surface area contributed by atoms with Crippen molar-refractivity contribution in [2.45, 2.75) is 58.7 Å². The zero-order chi connectivity index (χ0) is 15.4. The van der Waals surface area contributed by atoms with Crippen LogP contribution in [-0.2, 0) is 6.42 Å². The first-order valence-electron chi connectivity index (χ1n) is 8.24. The zero-order valence-corrected chi connectivity index (χ0v) is 13.8. The SMILES string of the molecule is CCC1CNC(C(C)C)CN1C(C)Cc1ccc(F)cc1. The Hall–Kier alpha value is -0.930. The monoisotopic (exact) mass is 292 g/mol. The van der Waals surface area contributed by atoms with Gasteiger partial charge in [0.15, 0.2) is 0 Å². The third kappa shape index (κ3) is 4.27. The molecule has 2 rings (SSSR count). The fraction of sp³-hybridized carbons (Fsp3) is 0.667. The predicted molar refractivity (Wildman–Crippen MR) is 87.0 cm³/mol. The highest BCUT2D eigenvalue weighted by Crippen LogP contribution is 2.20. The number of nitrogens with one attached hydrogen (secondary N) is 1. The van der Waals surface area contributed by atoms with Crippen LogP contribution in [0, 0.1) is 11.7 Å². The Balaban J connectivity index is 2.03. The summed E-state index contributed by atoms with van der Waals surface area (Å²) in [5.41, 5.74) is 1.22. The highest BCUT2D eigenvalue weighted by Gasteiger charge is 2.31. The first-order valence-corrected chi connectivity index (χ1v) is 8.24. The molecule has 1 aromatic rings. The van der Waals surface area contributed by atoms with E-state index in [1.807, 2.05) is 12.1 Å². The largest absolute Gasteiger partial charge is 0.311 e. The van der Waals surface area contributed by atoms with E-state index in [1.54, 1.807) is 12.1 Å². The molecule has 0 amide bonds. The molecular weight excluding hydrogens is 263 g/mol. The van der Waals surface area contributed by atoms with Crippen LogP contribution < -0.4 is 5.32 Å². The summed E-state index contributed by atoms with van der Waals surface area (Å²) < 4.78 is 13.0. The van der Waals surface area contributed by atoms with Crippen LogP contribution in [0.15, 0.2) is 24.3 Å². The number of nitrogens with zero attached hydrogens (tertiary/aromatic N) is 1. The molecule has 1 aromatic carbocycles. The van der Waals surface area contributed by atoms with Crippen LogP contribution in [0.4, 0.5) is 4.39 Å². The van der Waals surface area contributed by atoms with Gasteiger partial charge in [0.25, 0.3) is 0 Å². The molecule has 21 heavy (non-hydrogen) atoms. The van der Waals surface area contributed by atoms with Crippen LogP contribution in [0.25, 0.3) is 0 Å². The summed E-state index contributed by atoms with van der Waals surface area (Å²) in [6.45, 7) is 11.3. The van der Waals surface area contributed by atoms with Crippen LogP contribution in [0.2, 0.25) is 0 Å². The molecule has 118 valence electrons. The second kappa shape index (κ2) is 7.37. The number of halogens is 1. The molecule has 2 nitrogen and oxygen atoms in total. The number of benzene rings is 1. The van der Waals surface area contributed by atoms with Crippen molar-refractivity contribution in [1.82, 2.24) is 10.2 Å². The lowest BCUT2D eigenvalue weighted by Crippen LogP contribution is -2.60. The van der Waals surface area contributed by atoms with Crippen LogP contribution in [0.1, 0.15) is 39.7 Å². The molecular formula is C18H29FN2. The summed E-state index contributed by atoms with van der Waals surface area (Å²) in [6.07, 6.45) is 2.16. The lowest BCUT2D eigenvalue weighted by Gasteiger charge is -2.45. The Morgan fingerprint density at radius 2 is 1.90 bits per heavy atom. The zero-order valence-electron chi connectivity index (χ0n) is 13.8. The number of piperazine rings is 1. The first kappa shape index (κ1) is 16.4. The second-order valence-electron chi connectivity index (χ2n) is 6.70. The normalized spacial score (nSPS) is 25.2. The lowest BCUT2D eigenvalue weighted by molar-refractivity contribution is 0.0739. The van der Waals surface area contributed by atoms with Crippen molar-refractivity contribution in [2.75, 3.05) is 13.1 Å². The topological polar surface area (TPSA) is 15.3 Å². The van der Waals surface area contributed by atoms with E-state index in [-0.39, 0.29) is 5.82 Å². The lowest BCUT2D eigenvalue weighted by atomic mass is 9.95. The fourth-order valence-corrected chi connectivity index (χ4v) is 3.29. The molecule has 0 aromatic heterocycles. The van der Waals surface area contributed by atoms with E-state index in [0.717, 1.165) is 19.5 Å². The summed E-state index contributed by atoms with van der Waals surface area (Å²) in [5.74, 6) is 0.503. The van der Waals surface area contributed by atoms with Gasteiger partial charge in [-0.2, -0.15) is 0 Å². The van der Waals surface area contributed by atoms with Gasteiger partial charge in [0.2, 0.25) is 0 Å². The van der Waals surface area contributed by atoms with Crippen molar-refractivity contribution in [2.24, 2.45) is 5.92 Å². The van der Waals surface area contributed by atoms with Gasteiger partial charge in [0.05, 0.1) is 0 Å². The molecule has 0 aliphatic carbocycles. The molecule has 1 fully saturated rings. The van der Waals surface area contributed by atoms with E-state index >= 15 is 0 Å². The molecule has 3 heteroatoms. The van der Waals surface area contributed by atoms with Crippen LogP contribution in [0.3, 0.4) is 0 Å². The Morgan fingerprint density at radius 3 is 2.48 bits per heavy atom. The van der Waals surface area contributed by atoms with E-state index in [2.05, 4.69) is 37.9 Å². The van der Waals surface area contributed by atoms with Crippen molar-refractivity contribution in [3.63, 3.8) is 0 Å². The van der Waals surface area contributed by atoms with Gasteiger partial charge < -0.3 is 5.32 Å². The Bertz CT molecular complexity index is 429. The highest BCUT2D eigenvalue weighted by molar-refractivity contribution is 5.17. The fourth-order valence-electron chi connectivity index (χ4n) is 3.29. The molecule has 0 spiro atoms. The maximum Gasteiger partial charge on any atom is 0.123 e. The first-order chi connectivity index (χ1) is 10.0. The molecule has 0 bridgehead atoms. The van der Waals surface area contributed by atoms with Gasteiger partial charge in [0, 0.05) is 31.2 Å². The van der Waals surface area contributed by atoms with E-state index in [0.29, 0.717) is 24.0 Å². The smallest absolute Gasteiger partial charge is 0.123 e. The van der Waals surface area contributed by atoms with Gasteiger partial charge in [-0.3, -0.25) is 4.90 Å². The summed E-state index contributed by atoms with van der Waals surface area (Å²) in [6, 6.07) is 8.62. The van der Waals surface area contributed by atoms with Crippen LogP contribution >= 0.6 is 0 Å². The average Bonchev–Trinajstić information content (AvgIpc) is 2.48. The second-order valence-corrected chi connectivity index (χ2v) is 6.70. The number of hydrogen-bond donors (Lipinski definition) is 1. The van der Waals surface area contributed by atoms with Crippen LogP contribution in [0.5, 0.6) is 0 Å². The minimum Gasteiger partial charge on any atom is -0.311 e. The van der Waals surface area contributed by atoms with E-state index in [1.165, 1.54) is 12.0 Å². The van der Waals surface area contributed by atoms with Gasteiger partial charge in [0.1, 0.15) is 5.82 Å². The summed E-state index contributed by atoms with van der Waals surface area (Å²) in [7, 11) is 0. The van der Waals surface area contributed by atoms with Crippen molar-refractivity contribution in [3.8, 4) is 0 Å². The van der Waals surface area contributed by atoms with Crippen molar-refractivity contribution in [3.05, 3.63) is 35.6 Å². The molecule has 1 aliphatic rings. The predicted octanol–water partition coefficient (Wildman–Crippen LogP) is 3.47. The van der Waals surface area contributed by atoms with Gasteiger partial charge >= 0.3 is 0 Å². The quantitative estimate of drug-likeness (QED) is 0.894. The van der Waals surface area contributed by atoms with E-state index in [9.17, 15) is 4.39 Å². The van der Waals surface area contributed by atoms with E-state index in [4.69, 9.17) is 0 Å². The maximum atomic E-state index is 13.0. The van der Waals surface area contributed by atoms with Crippen LogP contribution in [-0.4, -0.2) is 36.1 Å². The average molecular weight is 292 g/mol. The Labute approximate surface area is 128 Å². The van der Waals surface area contributed by atoms with Gasteiger partial charge in [-0.15, -0.1) is 0 Å². The molecule has 0 saturated carbocycles. The highest BCUT2D eigenvalue weighted by atomic mass is 19.1. The van der Waals surface area contributed by atoms with Gasteiger partial charge in [-0.05, 0) is 43.4 Å². The molecule has 1 aliphatic heterocycles. The minimum absolute atomic E-state index is 0.153. The van der Waals surface area contributed by atoms with Gasteiger partial charge in [-0.1, -0.05) is 32.9 Å². The molecule has 1 N–H and O–H groups in total. The van der Waals surface area contributed by atoms with Crippen molar-refractivity contribution < 1.29 is 4.39 Å². The van der Waals surface area contributed by atoms with Crippen molar-refractivity contribution in [1.29, 1.82) is 0 Å². The Kier molecular flexibility index (Phi) is 5.77. The van der Waals surface area contributed by atoms with Crippen molar-refractivity contribution >= 4 is 0 Å².